The second kappa shape index (κ2) is 9.52. The first-order valence-electron chi connectivity index (χ1n) is 8.58. The number of amides is 1. The molecule has 6 heteroatoms. The van der Waals surface area contributed by atoms with Crippen LogP contribution in [0.1, 0.15) is 18.9 Å². The van der Waals surface area contributed by atoms with Crippen LogP contribution in [0.25, 0.3) is 0 Å². The van der Waals surface area contributed by atoms with Crippen molar-refractivity contribution in [3.63, 3.8) is 0 Å². The molecule has 0 unspecified atom stereocenters. The molecule has 0 saturated carbocycles. The predicted molar refractivity (Wildman–Crippen MR) is 106 cm³/mol. The number of hydrogen-bond donors (Lipinski definition) is 2. The van der Waals surface area contributed by atoms with Gasteiger partial charge in [-0.1, -0.05) is 18.2 Å². The van der Waals surface area contributed by atoms with Gasteiger partial charge in [-0.05, 0) is 48.8 Å². The van der Waals surface area contributed by atoms with Crippen molar-refractivity contribution in [3.05, 3.63) is 65.0 Å². The number of nitrogens with one attached hydrogen (secondary N) is 1. The molecule has 0 aliphatic heterocycles. The summed E-state index contributed by atoms with van der Waals surface area (Å²) >= 11 is 0. The molecule has 6 nitrogen and oxygen atoms in total. The minimum absolute atomic E-state index is 0.198. The minimum Gasteiger partial charge on any atom is -0.493 e. The van der Waals surface area contributed by atoms with Gasteiger partial charge in [-0.3, -0.25) is 4.79 Å². The molecule has 0 aromatic heterocycles. The summed E-state index contributed by atoms with van der Waals surface area (Å²) in [6.45, 7) is 1.95. The van der Waals surface area contributed by atoms with E-state index in [1.807, 2.05) is 37.3 Å². The average Bonchev–Trinajstić information content (AvgIpc) is 2.82. The molecule has 27 heavy (non-hydrogen) atoms. The van der Waals surface area contributed by atoms with Crippen molar-refractivity contribution in [2.45, 2.75) is 19.8 Å². The Hall–Kier alpha value is -3.15. The van der Waals surface area contributed by atoms with Gasteiger partial charge in [0.05, 0.1) is 21.3 Å². The van der Waals surface area contributed by atoms with Crippen LogP contribution in [0.15, 0.2) is 59.5 Å². The van der Waals surface area contributed by atoms with E-state index in [1.165, 1.54) is 6.08 Å². The second-order valence-electron chi connectivity index (χ2n) is 6.03. The van der Waals surface area contributed by atoms with E-state index < -0.39 is 0 Å². The Kier molecular flexibility index (Phi) is 7.11. The number of benzene rings is 1. The van der Waals surface area contributed by atoms with E-state index in [-0.39, 0.29) is 5.91 Å². The van der Waals surface area contributed by atoms with Gasteiger partial charge in [0.1, 0.15) is 0 Å². The van der Waals surface area contributed by atoms with Gasteiger partial charge < -0.3 is 25.3 Å². The van der Waals surface area contributed by atoms with Gasteiger partial charge in [-0.25, -0.2) is 0 Å². The summed E-state index contributed by atoms with van der Waals surface area (Å²) in [5.74, 6) is 1.51. The molecule has 3 N–H and O–H groups in total. The third-order valence-corrected chi connectivity index (χ3v) is 4.18. The largest absolute Gasteiger partial charge is 0.493 e. The third-order valence-electron chi connectivity index (χ3n) is 4.18. The first-order valence-corrected chi connectivity index (χ1v) is 8.58. The lowest BCUT2D eigenvalue weighted by Gasteiger charge is -2.13. The van der Waals surface area contributed by atoms with E-state index in [0.717, 1.165) is 22.5 Å². The van der Waals surface area contributed by atoms with Crippen molar-refractivity contribution >= 4 is 5.91 Å². The first kappa shape index (κ1) is 20.2. The molecule has 0 saturated heterocycles. The number of rotatable bonds is 7. The van der Waals surface area contributed by atoms with Gasteiger partial charge in [0.2, 0.25) is 11.7 Å². The number of ether oxygens (including phenoxy) is 3. The molecule has 0 bridgehead atoms. The fraction of sp³-hybridized carbons (Fsp3) is 0.286. The molecular weight excluding hydrogens is 344 g/mol. The highest BCUT2D eigenvalue weighted by molar-refractivity contribution is 5.89. The maximum Gasteiger partial charge on any atom is 0.248 e. The highest BCUT2D eigenvalue weighted by Gasteiger charge is 2.12. The lowest BCUT2D eigenvalue weighted by Crippen LogP contribution is -2.19. The topological polar surface area (TPSA) is 82.8 Å². The Morgan fingerprint density at radius 3 is 2.41 bits per heavy atom. The first-order chi connectivity index (χ1) is 13.0. The number of carbonyl (C=O) groups is 1. The van der Waals surface area contributed by atoms with Gasteiger partial charge >= 0.3 is 0 Å². The SMILES string of the molecule is COc1cc(C/C=C/C(=O)NC2=CCC(N)=C(C)C=C2)cc(OC)c1OC. The van der Waals surface area contributed by atoms with E-state index >= 15 is 0 Å². The molecule has 1 aliphatic carbocycles. The van der Waals surface area contributed by atoms with Crippen LogP contribution in [0, 0.1) is 0 Å². The summed E-state index contributed by atoms with van der Waals surface area (Å²) in [7, 11) is 4.70. The van der Waals surface area contributed by atoms with E-state index in [2.05, 4.69) is 5.32 Å². The Labute approximate surface area is 160 Å². The van der Waals surface area contributed by atoms with Crippen LogP contribution >= 0.6 is 0 Å². The summed E-state index contributed by atoms with van der Waals surface area (Å²) in [6, 6.07) is 3.72. The lowest BCUT2D eigenvalue weighted by atomic mass is 10.1. The van der Waals surface area contributed by atoms with E-state index in [9.17, 15) is 4.79 Å². The van der Waals surface area contributed by atoms with Crippen molar-refractivity contribution in [2.24, 2.45) is 5.73 Å². The van der Waals surface area contributed by atoms with Crippen molar-refractivity contribution in [2.75, 3.05) is 21.3 Å². The van der Waals surface area contributed by atoms with Crippen molar-refractivity contribution in [1.82, 2.24) is 5.32 Å². The molecule has 0 radical (unpaired) electrons. The molecule has 1 amide bonds. The highest BCUT2D eigenvalue weighted by atomic mass is 16.5. The number of nitrogens with two attached hydrogens (primary N) is 1. The van der Waals surface area contributed by atoms with Crippen LogP contribution in [0.3, 0.4) is 0 Å². The Bertz CT molecular complexity index is 794. The summed E-state index contributed by atoms with van der Waals surface area (Å²) in [4.78, 5) is 12.1. The number of allylic oxidation sites excluding steroid dienone is 5. The quantitative estimate of drug-likeness (QED) is 0.721. The fourth-order valence-electron chi connectivity index (χ4n) is 2.60. The standard InChI is InChI=1S/C21H26N2O4/c1-14-8-9-16(10-11-17(14)22)23-20(24)7-5-6-15-12-18(25-2)21(27-4)19(13-15)26-3/h5,7-10,12-13H,6,11,22H2,1-4H3,(H,23,24)/b7-5+. The molecule has 2 rings (SSSR count). The molecule has 0 spiro atoms. The minimum atomic E-state index is -0.198. The number of methoxy groups -OCH3 is 3. The summed E-state index contributed by atoms with van der Waals surface area (Å²) in [6.07, 6.45) is 10.1. The molecule has 0 atom stereocenters. The predicted octanol–water partition coefficient (Wildman–Crippen LogP) is 3.00. The van der Waals surface area contributed by atoms with Crippen LogP contribution in [-0.4, -0.2) is 27.2 Å². The molecular formula is C21H26N2O4. The summed E-state index contributed by atoms with van der Waals surface area (Å²) in [5, 5.41) is 2.85. The van der Waals surface area contributed by atoms with Gasteiger partial charge in [0.25, 0.3) is 0 Å². The smallest absolute Gasteiger partial charge is 0.248 e. The average molecular weight is 370 g/mol. The lowest BCUT2D eigenvalue weighted by molar-refractivity contribution is -0.115. The van der Waals surface area contributed by atoms with Crippen molar-refractivity contribution in [3.8, 4) is 17.2 Å². The summed E-state index contributed by atoms with van der Waals surface area (Å²) in [5.41, 5.74) is 9.39. The molecule has 144 valence electrons. The Morgan fingerprint density at radius 1 is 1.15 bits per heavy atom. The third kappa shape index (κ3) is 5.41. The fourth-order valence-corrected chi connectivity index (χ4v) is 2.60. The second-order valence-corrected chi connectivity index (χ2v) is 6.03. The summed E-state index contributed by atoms with van der Waals surface area (Å²) < 4.78 is 16.0. The normalized spacial score (nSPS) is 14.0. The van der Waals surface area contributed by atoms with Gasteiger partial charge in [-0.15, -0.1) is 0 Å². The van der Waals surface area contributed by atoms with Gasteiger partial charge in [-0.2, -0.15) is 0 Å². The van der Waals surface area contributed by atoms with Gasteiger partial charge in [0, 0.05) is 17.8 Å². The van der Waals surface area contributed by atoms with Crippen molar-refractivity contribution < 1.29 is 19.0 Å². The van der Waals surface area contributed by atoms with Crippen LogP contribution < -0.4 is 25.3 Å². The van der Waals surface area contributed by atoms with Crippen LogP contribution in [-0.2, 0) is 11.2 Å². The Morgan fingerprint density at radius 2 is 1.81 bits per heavy atom. The van der Waals surface area contributed by atoms with E-state index in [4.69, 9.17) is 19.9 Å². The number of carbonyl (C=O) groups excluding carboxylic acids is 1. The van der Waals surface area contributed by atoms with Crippen LogP contribution in [0.4, 0.5) is 0 Å². The molecule has 0 fully saturated rings. The maximum absolute atomic E-state index is 12.1. The molecule has 0 heterocycles. The monoisotopic (exact) mass is 370 g/mol. The molecule has 1 aromatic rings. The van der Waals surface area contributed by atoms with Crippen LogP contribution in [0.2, 0.25) is 0 Å². The number of hydrogen-bond acceptors (Lipinski definition) is 5. The zero-order valence-electron chi connectivity index (χ0n) is 16.2. The zero-order chi connectivity index (χ0) is 19.8. The zero-order valence-corrected chi connectivity index (χ0v) is 16.2. The molecule has 1 aromatic carbocycles. The highest BCUT2D eigenvalue weighted by Crippen LogP contribution is 2.38. The van der Waals surface area contributed by atoms with E-state index in [0.29, 0.717) is 30.1 Å². The molecule has 1 aliphatic rings. The van der Waals surface area contributed by atoms with Crippen molar-refractivity contribution in [1.29, 1.82) is 0 Å². The van der Waals surface area contributed by atoms with Gasteiger partial charge in [0.15, 0.2) is 11.5 Å². The van der Waals surface area contributed by atoms with E-state index in [1.54, 1.807) is 27.4 Å². The maximum atomic E-state index is 12.1. The van der Waals surface area contributed by atoms with Crippen LogP contribution in [0.5, 0.6) is 17.2 Å². The Balaban J connectivity index is 2.01.